The van der Waals surface area contributed by atoms with Gasteiger partial charge in [-0.15, -0.1) is 24.0 Å². The van der Waals surface area contributed by atoms with Crippen LogP contribution in [0.15, 0.2) is 4.99 Å². The number of hydrogen-bond donors (Lipinski definition) is 3. The van der Waals surface area contributed by atoms with E-state index < -0.39 is 17.2 Å². The van der Waals surface area contributed by atoms with Gasteiger partial charge in [0.2, 0.25) is 0 Å². The number of nitrogens with zero attached hydrogens (tertiary/aromatic N) is 1. The van der Waals surface area contributed by atoms with Gasteiger partial charge in [0.15, 0.2) is 5.96 Å². The number of nitrogens with one attached hydrogen (secondary N) is 2. The average molecular weight is 442 g/mol. The molecule has 138 valence electrons. The number of carbonyl (C=O) groups is 1. The summed E-state index contributed by atoms with van der Waals surface area (Å²) in [6.07, 6.45) is 1.07. The third-order valence-electron chi connectivity index (χ3n) is 3.17. The Morgan fingerprint density at radius 2 is 1.52 bits per heavy atom. The molecule has 7 heteroatoms. The maximum absolute atomic E-state index is 12.0. The van der Waals surface area contributed by atoms with Crippen LogP contribution in [0.4, 0.5) is 4.79 Å². The molecule has 0 aromatic heterocycles. The molecule has 6 nitrogen and oxygen atoms in total. The van der Waals surface area contributed by atoms with E-state index in [1.54, 1.807) is 0 Å². The lowest BCUT2D eigenvalue weighted by Crippen LogP contribution is -2.52. The van der Waals surface area contributed by atoms with E-state index in [2.05, 4.69) is 15.6 Å². The minimum Gasteiger partial charge on any atom is -0.444 e. The molecule has 1 amide bonds. The van der Waals surface area contributed by atoms with Crippen LogP contribution in [-0.2, 0) is 4.74 Å². The minimum atomic E-state index is -0.520. The van der Waals surface area contributed by atoms with Crippen LogP contribution in [0.3, 0.4) is 0 Å². The molecule has 0 atom stereocenters. The summed E-state index contributed by atoms with van der Waals surface area (Å²) in [6.45, 7) is 16.0. The Kier molecular flexibility index (Phi) is 10.2. The lowest BCUT2D eigenvalue weighted by atomic mass is 9.93. The minimum absolute atomic E-state index is 0. The van der Waals surface area contributed by atoms with Crippen LogP contribution in [0.25, 0.3) is 0 Å². The summed E-state index contributed by atoms with van der Waals surface area (Å²) in [5.41, 5.74) is 4.79. The molecule has 4 N–H and O–H groups in total. The molecule has 0 radical (unpaired) electrons. The first-order chi connectivity index (χ1) is 9.82. The highest BCUT2D eigenvalue weighted by atomic mass is 127. The summed E-state index contributed by atoms with van der Waals surface area (Å²) in [7, 11) is 0. The Hall–Kier alpha value is -0.730. The summed E-state index contributed by atoms with van der Waals surface area (Å²) in [6, 6.07) is 0. The second kappa shape index (κ2) is 9.54. The van der Waals surface area contributed by atoms with Gasteiger partial charge in [0.05, 0.1) is 12.1 Å². The van der Waals surface area contributed by atoms with E-state index in [4.69, 9.17) is 10.5 Å². The molecule has 0 aliphatic rings. The van der Waals surface area contributed by atoms with E-state index in [0.29, 0.717) is 12.5 Å². The van der Waals surface area contributed by atoms with E-state index in [1.807, 2.05) is 55.4 Å². The number of alkyl carbamates (subject to hydrolysis) is 1. The molecule has 0 unspecified atom stereocenters. The van der Waals surface area contributed by atoms with Gasteiger partial charge in [-0.25, -0.2) is 4.79 Å². The first-order valence-electron chi connectivity index (χ1n) is 7.92. The molecule has 0 aromatic rings. The maximum atomic E-state index is 12.0. The Bertz CT molecular complexity index is 394. The van der Waals surface area contributed by atoms with Crippen LogP contribution in [0, 0.1) is 0 Å². The van der Waals surface area contributed by atoms with Crippen molar-refractivity contribution in [3.05, 3.63) is 0 Å². The first-order valence-corrected chi connectivity index (χ1v) is 7.92. The number of halogens is 1. The molecule has 0 bridgehead atoms. The normalized spacial score (nSPS) is 13.1. The van der Waals surface area contributed by atoms with Crippen molar-refractivity contribution >= 4 is 36.0 Å². The molecule has 0 rings (SSSR count). The standard InChI is InChI=1S/C16H34N4O2.HI/c1-9-16(10-2,20-13(21)22-15(6,7)8)11-18-12(17)19-14(3,4)5;/h9-11H2,1-8H3,(H,20,21)(H3,17,18,19);1H. The maximum Gasteiger partial charge on any atom is 0.408 e. The molecule has 0 aliphatic carbocycles. The first kappa shape index (κ1) is 24.5. The smallest absolute Gasteiger partial charge is 0.408 e. The monoisotopic (exact) mass is 442 g/mol. The zero-order chi connectivity index (χ0) is 17.6. The second-order valence-electron chi connectivity index (χ2n) is 7.69. The number of rotatable bonds is 5. The fourth-order valence-electron chi connectivity index (χ4n) is 1.87. The molecule has 0 heterocycles. The van der Waals surface area contributed by atoms with Crippen molar-refractivity contribution in [2.24, 2.45) is 10.7 Å². The third-order valence-corrected chi connectivity index (χ3v) is 3.17. The second-order valence-corrected chi connectivity index (χ2v) is 7.69. The SMILES string of the molecule is CCC(CC)(CN=C(N)NC(C)(C)C)NC(=O)OC(C)(C)C.I. The van der Waals surface area contributed by atoms with Crippen LogP contribution in [-0.4, -0.2) is 35.3 Å². The number of carbonyl (C=O) groups excluding carboxylic acids is 1. The van der Waals surface area contributed by atoms with Gasteiger partial charge >= 0.3 is 6.09 Å². The predicted octanol–water partition coefficient (Wildman–Crippen LogP) is 3.39. The van der Waals surface area contributed by atoms with E-state index in [0.717, 1.165) is 12.8 Å². The van der Waals surface area contributed by atoms with Crippen LogP contribution in [0.1, 0.15) is 68.2 Å². The zero-order valence-corrected chi connectivity index (χ0v) is 18.2. The molecule has 0 saturated heterocycles. The van der Waals surface area contributed by atoms with Gasteiger partial charge in [0, 0.05) is 5.54 Å². The third kappa shape index (κ3) is 11.4. The van der Waals surface area contributed by atoms with Crippen LogP contribution in [0.2, 0.25) is 0 Å². The fourth-order valence-corrected chi connectivity index (χ4v) is 1.87. The number of aliphatic imine (C=N–C) groups is 1. The van der Waals surface area contributed by atoms with E-state index in [1.165, 1.54) is 0 Å². The van der Waals surface area contributed by atoms with Crippen molar-refractivity contribution in [2.75, 3.05) is 6.54 Å². The zero-order valence-electron chi connectivity index (χ0n) is 15.9. The molecule has 0 spiro atoms. The van der Waals surface area contributed by atoms with Crippen molar-refractivity contribution in [1.29, 1.82) is 0 Å². The predicted molar refractivity (Wildman–Crippen MR) is 107 cm³/mol. The Morgan fingerprint density at radius 1 is 1.04 bits per heavy atom. The average Bonchev–Trinajstić information content (AvgIpc) is 2.30. The van der Waals surface area contributed by atoms with Gasteiger partial charge in [0.1, 0.15) is 5.60 Å². The van der Waals surface area contributed by atoms with Crippen LogP contribution in [0.5, 0.6) is 0 Å². The molecule has 0 fully saturated rings. The number of guanidine groups is 1. The van der Waals surface area contributed by atoms with Crippen molar-refractivity contribution in [2.45, 2.75) is 84.9 Å². The van der Waals surface area contributed by atoms with Crippen LogP contribution >= 0.6 is 24.0 Å². The van der Waals surface area contributed by atoms with Gasteiger partial charge < -0.3 is 21.1 Å². The summed E-state index contributed by atoms with van der Waals surface area (Å²) >= 11 is 0. The quantitative estimate of drug-likeness (QED) is 0.346. The van der Waals surface area contributed by atoms with Gasteiger partial charge in [-0.05, 0) is 54.4 Å². The van der Waals surface area contributed by atoms with Crippen molar-refractivity contribution in [3.8, 4) is 0 Å². The molecular weight excluding hydrogens is 407 g/mol. The number of amides is 1. The van der Waals surface area contributed by atoms with Gasteiger partial charge in [-0.3, -0.25) is 4.99 Å². The number of nitrogens with two attached hydrogens (primary N) is 1. The fraction of sp³-hybridized carbons (Fsp3) is 0.875. The number of ether oxygens (including phenoxy) is 1. The summed E-state index contributed by atoms with van der Waals surface area (Å²) < 4.78 is 5.34. The molecule has 0 saturated carbocycles. The topological polar surface area (TPSA) is 88.7 Å². The Balaban J connectivity index is 0. The Morgan fingerprint density at radius 3 is 1.87 bits per heavy atom. The molecule has 23 heavy (non-hydrogen) atoms. The largest absolute Gasteiger partial charge is 0.444 e. The number of hydrogen-bond acceptors (Lipinski definition) is 3. The van der Waals surface area contributed by atoms with Gasteiger partial charge in [-0.1, -0.05) is 13.8 Å². The molecular formula is C16H35IN4O2. The van der Waals surface area contributed by atoms with E-state index in [-0.39, 0.29) is 29.5 Å². The van der Waals surface area contributed by atoms with Crippen molar-refractivity contribution in [3.63, 3.8) is 0 Å². The lowest BCUT2D eigenvalue weighted by molar-refractivity contribution is 0.0452. The highest BCUT2D eigenvalue weighted by molar-refractivity contribution is 14.0. The summed E-state index contributed by atoms with van der Waals surface area (Å²) in [5.74, 6) is 0.379. The lowest BCUT2D eigenvalue weighted by Gasteiger charge is -2.33. The molecule has 0 aliphatic heterocycles. The summed E-state index contributed by atoms with van der Waals surface area (Å²) in [5, 5.41) is 6.07. The van der Waals surface area contributed by atoms with E-state index >= 15 is 0 Å². The Labute approximate surface area is 158 Å². The molecule has 0 aromatic carbocycles. The highest BCUT2D eigenvalue weighted by Crippen LogP contribution is 2.17. The summed E-state index contributed by atoms with van der Waals surface area (Å²) in [4.78, 5) is 16.4. The highest BCUT2D eigenvalue weighted by Gasteiger charge is 2.30. The van der Waals surface area contributed by atoms with Crippen molar-refractivity contribution < 1.29 is 9.53 Å². The van der Waals surface area contributed by atoms with Gasteiger partial charge in [-0.2, -0.15) is 0 Å². The van der Waals surface area contributed by atoms with Gasteiger partial charge in [0.25, 0.3) is 0 Å². The van der Waals surface area contributed by atoms with Crippen LogP contribution < -0.4 is 16.4 Å². The van der Waals surface area contributed by atoms with E-state index in [9.17, 15) is 4.79 Å². The van der Waals surface area contributed by atoms with Crippen molar-refractivity contribution in [1.82, 2.24) is 10.6 Å².